The minimum absolute atomic E-state index is 0.304. The second kappa shape index (κ2) is 5.76. The van der Waals surface area contributed by atoms with Gasteiger partial charge >= 0.3 is 0 Å². The van der Waals surface area contributed by atoms with E-state index in [1.807, 2.05) is 24.3 Å². The lowest BCUT2D eigenvalue weighted by Gasteiger charge is -2.04. The topological polar surface area (TPSA) is 89.5 Å². The van der Waals surface area contributed by atoms with Gasteiger partial charge in [0.2, 0.25) is 0 Å². The van der Waals surface area contributed by atoms with E-state index in [-0.39, 0.29) is 0 Å². The summed E-state index contributed by atoms with van der Waals surface area (Å²) in [5, 5.41) is 17.6. The predicted molar refractivity (Wildman–Crippen MR) is 77.3 cm³/mol. The Morgan fingerprint density at radius 2 is 2.29 bits per heavy atom. The fraction of sp³-hybridized carbons (Fsp3) is 0.154. The number of hydrogen-bond donors (Lipinski definition) is 0. The fourth-order valence-electron chi connectivity index (χ4n) is 1.85. The van der Waals surface area contributed by atoms with Crippen molar-refractivity contribution < 1.29 is 4.74 Å². The first kappa shape index (κ1) is 13.3. The molecule has 0 aliphatic heterocycles. The van der Waals surface area contributed by atoms with E-state index in [1.165, 1.54) is 18.1 Å². The molecule has 7 nitrogen and oxygen atoms in total. The molecule has 1 aromatic carbocycles. The molecule has 0 atom stereocenters. The van der Waals surface area contributed by atoms with Gasteiger partial charge in [-0.2, -0.15) is 9.94 Å². The molecule has 0 amide bonds. The first-order chi connectivity index (χ1) is 10.3. The highest BCUT2D eigenvalue weighted by Gasteiger charge is 2.13. The van der Waals surface area contributed by atoms with E-state index >= 15 is 0 Å². The smallest absolute Gasteiger partial charge is 0.187 e. The molecule has 2 heterocycles. The molecule has 8 heteroatoms. The van der Waals surface area contributed by atoms with Crippen LogP contribution in [-0.2, 0) is 0 Å². The summed E-state index contributed by atoms with van der Waals surface area (Å²) in [5.41, 5.74) is 1.98. The maximum absolute atomic E-state index is 8.67. The summed E-state index contributed by atoms with van der Waals surface area (Å²) < 4.78 is 6.83. The van der Waals surface area contributed by atoms with Crippen LogP contribution in [0.15, 0.2) is 35.6 Å². The van der Waals surface area contributed by atoms with Crippen LogP contribution in [0.2, 0.25) is 0 Å². The van der Waals surface area contributed by atoms with Crippen LogP contribution in [0.4, 0.5) is 0 Å². The first-order valence-corrected chi connectivity index (χ1v) is 7.02. The van der Waals surface area contributed by atoms with E-state index in [1.54, 1.807) is 11.8 Å². The zero-order valence-corrected chi connectivity index (χ0v) is 11.9. The molecule has 0 saturated carbocycles. The Bertz CT molecular complexity index is 825. The van der Waals surface area contributed by atoms with Crippen LogP contribution >= 0.6 is 11.8 Å². The van der Waals surface area contributed by atoms with Crippen molar-refractivity contribution in [1.29, 1.82) is 5.26 Å². The molecule has 0 N–H and O–H groups in total. The van der Waals surface area contributed by atoms with Crippen molar-refractivity contribution in [1.82, 2.24) is 25.0 Å². The quantitative estimate of drug-likeness (QED) is 0.536. The van der Waals surface area contributed by atoms with Crippen LogP contribution in [0, 0.1) is 11.3 Å². The highest BCUT2D eigenvalue weighted by Crippen LogP contribution is 2.24. The van der Waals surface area contributed by atoms with Crippen molar-refractivity contribution >= 4 is 22.9 Å². The van der Waals surface area contributed by atoms with Gasteiger partial charge in [0.25, 0.3) is 0 Å². The average Bonchev–Trinajstić information content (AvgIpc) is 2.97. The lowest BCUT2D eigenvalue weighted by molar-refractivity contribution is 0.414. The van der Waals surface area contributed by atoms with Crippen LogP contribution in [0.1, 0.15) is 0 Å². The van der Waals surface area contributed by atoms with Crippen molar-refractivity contribution in [3.8, 4) is 17.5 Å². The largest absolute Gasteiger partial charge is 0.497 e. The van der Waals surface area contributed by atoms with Gasteiger partial charge in [-0.05, 0) is 12.1 Å². The molecule has 0 aliphatic carbocycles. The lowest BCUT2D eigenvalue weighted by atomic mass is 10.3. The van der Waals surface area contributed by atoms with E-state index in [0.717, 1.165) is 11.4 Å². The third kappa shape index (κ3) is 2.51. The van der Waals surface area contributed by atoms with Gasteiger partial charge in [-0.25, -0.2) is 9.97 Å². The highest BCUT2D eigenvalue weighted by atomic mass is 32.2. The van der Waals surface area contributed by atoms with Gasteiger partial charge in [-0.1, -0.05) is 23.0 Å². The van der Waals surface area contributed by atoms with Gasteiger partial charge in [0.1, 0.15) is 17.1 Å². The minimum Gasteiger partial charge on any atom is -0.497 e. The van der Waals surface area contributed by atoms with Gasteiger partial charge < -0.3 is 4.74 Å². The Morgan fingerprint density at radius 1 is 1.38 bits per heavy atom. The molecule has 104 valence electrons. The molecule has 0 fully saturated rings. The summed E-state index contributed by atoms with van der Waals surface area (Å²) >= 11 is 1.31. The molecule has 0 spiro atoms. The SMILES string of the molecule is COc1cccc(-n2nnc3c(SCC#N)ncnc32)c1. The van der Waals surface area contributed by atoms with Crippen LogP contribution in [0.3, 0.4) is 0 Å². The number of aromatic nitrogens is 5. The van der Waals surface area contributed by atoms with Gasteiger partial charge in [0.15, 0.2) is 11.2 Å². The Kier molecular flexibility index (Phi) is 3.66. The van der Waals surface area contributed by atoms with Gasteiger partial charge in [0.05, 0.1) is 24.6 Å². The second-order valence-electron chi connectivity index (χ2n) is 4.00. The Morgan fingerprint density at radius 3 is 3.10 bits per heavy atom. The Balaban J connectivity index is 2.10. The Hall–Kier alpha value is -2.66. The van der Waals surface area contributed by atoms with Crippen LogP contribution in [0.5, 0.6) is 5.75 Å². The Labute approximate surface area is 124 Å². The second-order valence-corrected chi connectivity index (χ2v) is 4.96. The monoisotopic (exact) mass is 298 g/mol. The normalized spacial score (nSPS) is 10.5. The molecular formula is C13H10N6OS. The van der Waals surface area contributed by atoms with Crippen molar-refractivity contribution in [3.63, 3.8) is 0 Å². The molecule has 0 unspecified atom stereocenters. The maximum Gasteiger partial charge on any atom is 0.187 e. The van der Waals surface area contributed by atoms with E-state index in [9.17, 15) is 0 Å². The standard InChI is InChI=1S/C13H10N6OS/c1-20-10-4-2-3-9(7-10)19-12-11(17-18-19)13(16-8-15-12)21-6-5-14/h2-4,7-8H,6H2,1H3. The first-order valence-electron chi connectivity index (χ1n) is 6.04. The van der Waals surface area contributed by atoms with Crippen LogP contribution in [0.25, 0.3) is 16.9 Å². The minimum atomic E-state index is 0.304. The molecular weight excluding hydrogens is 288 g/mol. The zero-order valence-electron chi connectivity index (χ0n) is 11.1. The molecule has 3 aromatic rings. The summed E-state index contributed by atoms with van der Waals surface area (Å²) in [7, 11) is 1.61. The molecule has 0 bridgehead atoms. The number of benzene rings is 1. The molecule has 0 radical (unpaired) electrons. The number of nitriles is 1. The van der Waals surface area contributed by atoms with Crippen LogP contribution < -0.4 is 4.74 Å². The number of thioether (sulfide) groups is 1. The predicted octanol–water partition coefficient (Wildman–Crippen LogP) is 1.83. The number of hydrogen-bond acceptors (Lipinski definition) is 7. The van der Waals surface area contributed by atoms with Gasteiger partial charge in [0, 0.05) is 6.07 Å². The van der Waals surface area contributed by atoms with Crippen molar-refractivity contribution in [2.45, 2.75) is 5.03 Å². The van der Waals surface area contributed by atoms with E-state index in [0.29, 0.717) is 21.9 Å². The van der Waals surface area contributed by atoms with Crippen molar-refractivity contribution in [2.24, 2.45) is 0 Å². The number of ether oxygens (including phenoxy) is 1. The summed E-state index contributed by atoms with van der Waals surface area (Å²) in [6.45, 7) is 0. The summed E-state index contributed by atoms with van der Waals surface area (Å²) in [6, 6.07) is 9.52. The van der Waals surface area contributed by atoms with Gasteiger partial charge in [-0.3, -0.25) is 0 Å². The summed E-state index contributed by atoms with van der Waals surface area (Å²) in [4.78, 5) is 8.38. The third-order valence-electron chi connectivity index (χ3n) is 2.78. The zero-order chi connectivity index (χ0) is 14.7. The molecule has 0 aliphatic rings. The number of fused-ring (bicyclic) bond motifs is 1. The van der Waals surface area contributed by atoms with Crippen molar-refractivity contribution in [2.75, 3.05) is 12.9 Å². The molecule has 2 aromatic heterocycles. The lowest BCUT2D eigenvalue weighted by Crippen LogP contribution is -1.98. The highest BCUT2D eigenvalue weighted by molar-refractivity contribution is 7.99. The van der Waals surface area contributed by atoms with Crippen LogP contribution in [-0.4, -0.2) is 37.8 Å². The maximum atomic E-state index is 8.67. The molecule has 21 heavy (non-hydrogen) atoms. The van der Waals surface area contributed by atoms with E-state index in [4.69, 9.17) is 10.00 Å². The van der Waals surface area contributed by atoms with Crippen molar-refractivity contribution in [3.05, 3.63) is 30.6 Å². The average molecular weight is 298 g/mol. The number of rotatable bonds is 4. The molecule has 3 rings (SSSR count). The van der Waals surface area contributed by atoms with E-state index in [2.05, 4.69) is 26.3 Å². The summed E-state index contributed by atoms with van der Waals surface area (Å²) in [5.74, 6) is 1.03. The van der Waals surface area contributed by atoms with Gasteiger partial charge in [-0.15, -0.1) is 5.10 Å². The van der Waals surface area contributed by atoms with E-state index < -0.39 is 0 Å². The fourth-order valence-corrected chi connectivity index (χ4v) is 2.44. The molecule has 0 saturated heterocycles. The number of methoxy groups -OCH3 is 1. The summed E-state index contributed by atoms with van der Waals surface area (Å²) in [6.07, 6.45) is 1.45. The third-order valence-corrected chi connectivity index (χ3v) is 3.62. The number of nitrogens with zero attached hydrogens (tertiary/aromatic N) is 6.